The van der Waals surface area contributed by atoms with Crippen molar-refractivity contribution in [1.29, 1.82) is 0 Å². The predicted octanol–water partition coefficient (Wildman–Crippen LogP) is 3.67. The number of hydrogen-bond donors (Lipinski definition) is 1. The average Bonchev–Trinajstić information content (AvgIpc) is 2.43. The molecule has 0 atom stereocenters. The van der Waals surface area contributed by atoms with E-state index in [0.717, 1.165) is 12.2 Å². The summed E-state index contributed by atoms with van der Waals surface area (Å²) >= 11 is 0. The van der Waals surface area contributed by atoms with Crippen molar-refractivity contribution in [2.75, 3.05) is 18.8 Å². The first-order valence-electron chi connectivity index (χ1n) is 7.25. The lowest BCUT2D eigenvalue weighted by atomic mass is 9.74. The summed E-state index contributed by atoms with van der Waals surface area (Å²) in [6.07, 6.45) is 5.33. The van der Waals surface area contributed by atoms with Crippen LogP contribution < -0.4 is 5.73 Å². The minimum absolute atomic E-state index is 0.610. The van der Waals surface area contributed by atoms with Crippen LogP contribution in [0.1, 0.15) is 45.1 Å². The minimum Gasteiger partial charge on any atom is -0.398 e. The van der Waals surface area contributed by atoms with Crippen LogP contribution in [-0.2, 0) is 6.54 Å². The van der Waals surface area contributed by atoms with Crippen molar-refractivity contribution in [3.05, 3.63) is 29.8 Å². The fraction of sp³-hybridized carbons (Fsp3) is 0.625. The number of para-hydroxylation sites is 1. The molecule has 0 saturated carbocycles. The van der Waals surface area contributed by atoms with Gasteiger partial charge in [0.25, 0.3) is 0 Å². The third kappa shape index (κ3) is 2.86. The molecule has 0 aliphatic carbocycles. The summed E-state index contributed by atoms with van der Waals surface area (Å²) in [6, 6.07) is 8.24. The molecule has 1 aliphatic heterocycles. The summed E-state index contributed by atoms with van der Waals surface area (Å²) in [5.41, 5.74) is 8.83. The van der Waals surface area contributed by atoms with E-state index in [1.54, 1.807) is 0 Å². The molecule has 0 unspecified atom stereocenters. The van der Waals surface area contributed by atoms with Gasteiger partial charge in [0.2, 0.25) is 0 Å². The lowest BCUT2D eigenvalue weighted by molar-refractivity contribution is 0.0910. The van der Waals surface area contributed by atoms with Gasteiger partial charge in [0.15, 0.2) is 0 Å². The maximum Gasteiger partial charge on any atom is 0.0359 e. The second-order valence-electron chi connectivity index (χ2n) is 5.68. The molecule has 2 rings (SSSR count). The zero-order chi connectivity index (χ0) is 13.0. The Balaban J connectivity index is 1.93. The fourth-order valence-electron chi connectivity index (χ4n) is 3.06. The molecule has 1 aromatic carbocycles. The first-order chi connectivity index (χ1) is 8.69. The Bertz CT molecular complexity index is 372. The summed E-state index contributed by atoms with van der Waals surface area (Å²) < 4.78 is 0. The standard InChI is InChI=1S/C16H26N2/c1-3-16(4-2)9-11-18(12-10-16)13-14-7-5-6-8-15(14)17/h5-8H,3-4,9-13,17H2,1-2H3. The van der Waals surface area contributed by atoms with Gasteiger partial charge in [0, 0.05) is 12.2 Å². The molecule has 0 amide bonds. The number of nitrogens with zero attached hydrogens (tertiary/aromatic N) is 1. The number of hydrogen-bond acceptors (Lipinski definition) is 2. The molecule has 0 radical (unpaired) electrons. The van der Waals surface area contributed by atoms with Gasteiger partial charge in [-0.25, -0.2) is 0 Å². The zero-order valence-electron chi connectivity index (χ0n) is 11.8. The molecule has 0 spiro atoms. The average molecular weight is 246 g/mol. The van der Waals surface area contributed by atoms with Crippen LogP contribution in [0.25, 0.3) is 0 Å². The zero-order valence-corrected chi connectivity index (χ0v) is 11.8. The Morgan fingerprint density at radius 2 is 1.72 bits per heavy atom. The highest BCUT2D eigenvalue weighted by molar-refractivity contribution is 5.46. The highest BCUT2D eigenvalue weighted by Gasteiger charge is 2.31. The molecule has 2 nitrogen and oxygen atoms in total. The summed E-state index contributed by atoms with van der Waals surface area (Å²) in [7, 11) is 0. The molecular weight excluding hydrogens is 220 g/mol. The van der Waals surface area contributed by atoms with Crippen molar-refractivity contribution in [1.82, 2.24) is 4.90 Å². The van der Waals surface area contributed by atoms with E-state index in [2.05, 4.69) is 30.9 Å². The molecule has 1 fully saturated rings. The van der Waals surface area contributed by atoms with Crippen LogP contribution in [-0.4, -0.2) is 18.0 Å². The van der Waals surface area contributed by atoms with Gasteiger partial charge >= 0.3 is 0 Å². The van der Waals surface area contributed by atoms with E-state index in [1.165, 1.54) is 44.3 Å². The number of rotatable bonds is 4. The van der Waals surface area contributed by atoms with E-state index in [1.807, 2.05) is 12.1 Å². The van der Waals surface area contributed by atoms with Crippen LogP contribution in [0.4, 0.5) is 5.69 Å². The number of piperidine rings is 1. The summed E-state index contributed by atoms with van der Waals surface area (Å²) in [5.74, 6) is 0. The molecule has 1 saturated heterocycles. The Morgan fingerprint density at radius 3 is 2.28 bits per heavy atom. The van der Waals surface area contributed by atoms with E-state index in [9.17, 15) is 0 Å². The Labute approximate surface area is 111 Å². The predicted molar refractivity (Wildman–Crippen MR) is 78.4 cm³/mol. The van der Waals surface area contributed by atoms with Gasteiger partial charge in [-0.05, 0) is 43.0 Å². The lowest BCUT2D eigenvalue weighted by Gasteiger charge is -2.41. The quantitative estimate of drug-likeness (QED) is 0.821. The molecule has 18 heavy (non-hydrogen) atoms. The van der Waals surface area contributed by atoms with E-state index in [0.29, 0.717) is 5.41 Å². The van der Waals surface area contributed by atoms with Gasteiger partial charge in [0.05, 0.1) is 0 Å². The monoisotopic (exact) mass is 246 g/mol. The van der Waals surface area contributed by atoms with E-state index in [4.69, 9.17) is 5.73 Å². The molecule has 1 aliphatic rings. The van der Waals surface area contributed by atoms with Crippen molar-refractivity contribution < 1.29 is 0 Å². The minimum atomic E-state index is 0.610. The van der Waals surface area contributed by atoms with Crippen molar-refractivity contribution in [3.8, 4) is 0 Å². The molecule has 1 aromatic rings. The molecule has 0 bridgehead atoms. The number of nitrogens with two attached hydrogens (primary N) is 1. The van der Waals surface area contributed by atoms with Gasteiger partial charge < -0.3 is 5.73 Å². The molecule has 100 valence electrons. The topological polar surface area (TPSA) is 29.3 Å². The SMILES string of the molecule is CCC1(CC)CCN(Cc2ccccc2N)CC1. The molecule has 2 heteroatoms. The van der Waals surface area contributed by atoms with E-state index in [-0.39, 0.29) is 0 Å². The maximum absolute atomic E-state index is 6.02. The van der Waals surface area contributed by atoms with Gasteiger partial charge in [-0.3, -0.25) is 4.90 Å². The Kier molecular flexibility index (Phi) is 4.28. The van der Waals surface area contributed by atoms with E-state index >= 15 is 0 Å². The summed E-state index contributed by atoms with van der Waals surface area (Å²) in [4.78, 5) is 2.55. The molecule has 2 N–H and O–H groups in total. The first kappa shape index (κ1) is 13.4. The first-order valence-corrected chi connectivity index (χ1v) is 7.25. The second-order valence-corrected chi connectivity index (χ2v) is 5.68. The van der Waals surface area contributed by atoms with Crippen molar-refractivity contribution >= 4 is 5.69 Å². The molecule has 0 aromatic heterocycles. The Hall–Kier alpha value is -1.02. The maximum atomic E-state index is 6.02. The van der Waals surface area contributed by atoms with E-state index < -0.39 is 0 Å². The van der Waals surface area contributed by atoms with Crippen LogP contribution in [0, 0.1) is 5.41 Å². The number of benzene rings is 1. The number of likely N-dealkylation sites (tertiary alicyclic amines) is 1. The summed E-state index contributed by atoms with van der Waals surface area (Å²) in [5, 5.41) is 0. The van der Waals surface area contributed by atoms with Crippen molar-refractivity contribution in [3.63, 3.8) is 0 Å². The second kappa shape index (κ2) is 5.75. The van der Waals surface area contributed by atoms with Crippen LogP contribution in [0.15, 0.2) is 24.3 Å². The van der Waals surface area contributed by atoms with Crippen LogP contribution in [0.2, 0.25) is 0 Å². The van der Waals surface area contributed by atoms with Gasteiger partial charge in [-0.1, -0.05) is 44.9 Å². The smallest absolute Gasteiger partial charge is 0.0359 e. The van der Waals surface area contributed by atoms with Gasteiger partial charge in [-0.2, -0.15) is 0 Å². The third-order valence-corrected chi connectivity index (χ3v) is 4.87. The van der Waals surface area contributed by atoms with Gasteiger partial charge in [-0.15, -0.1) is 0 Å². The van der Waals surface area contributed by atoms with Crippen molar-refractivity contribution in [2.45, 2.75) is 46.1 Å². The van der Waals surface area contributed by atoms with Gasteiger partial charge in [0.1, 0.15) is 0 Å². The number of nitrogen functional groups attached to an aromatic ring is 1. The number of anilines is 1. The largest absolute Gasteiger partial charge is 0.398 e. The van der Waals surface area contributed by atoms with Crippen LogP contribution >= 0.6 is 0 Å². The highest BCUT2D eigenvalue weighted by Crippen LogP contribution is 2.38. The summed E-state index contributed by atoms with van der Waals surface area (Å²) in [6.45, 7) is 8.13. The Morgan fingerprint density at radius 1 is 1.11 bits per heavy atom. The molecule has 1 heterocycles. The van der Waals surface area contributed by atoms with Crippen LogP contribution in [0.3, 0.4) is 0 Å². The van der Waals surface area contributed by atoms with Crippen molar-refractivity contribution in [2.24, 2.45) is 5.41 Å². The normalized spacial score (nSPS) is 19.9. The fourth-order valence-corrected chi connectivity index (χ4v) is 3.06. The molecular formula is C16H26N2. The van der Waals surface area contributed by atoms with Crippen LogP contribution in [0.5, 0.6) is 0 Å². The lowest BCUT2D eigenvalue weighted by Crippen LogP contribution is -2.39. The highest BCUT2D eigenvalue weighted by atomic mass is 15.1. The third-order valence-electron chi connectivity index (χ3n) is 4.87.